The van der Waals surface area contributed by atoms with Crippen LogP contribution in [0, 0.1) is 11.8 Å². The normalized spacial score (nSPS) is 25.3. The molecule has 1 N–H and O–H groups in total. The minimum atomic E-state index is -5.32. The molecule has 1 fully saturated rings. The van der Waals surface area contributed by atoms with Gasteiger partial charge >= 0.3 is 24.2 Å². The number of piperidine rings is 1. The van der Waals surface area contributed by atoms with Crippen LogP contribution in [-0.2, 0) is 9.59 Å². The van der Waals surface area contributed by atoms with E-state index in [1.165, 1.54) is 0 Å². The quantitative estimate of drug-likeness (QED) is 0.748. The summed E-state index contributed by atoms with van der Waals surface area (Å²) in [5.41, 5.74) is 0. The van der Waals surface area contributed by atoms with E-state index in [9.17, 15) is 35.9 Å². The second-order valence-electron chi connectivity index (χ2n) is 4.22. The van der Waals surface area contributed by atoms with Crippen LogP contribution in [0.3, 0.4) is 0 Å². The summed E-state index contributed by atoms with van der Waals surface area (Å²) in [6, 6.07) is 0. The molecule has 4 nitrogen and oxygen atoms in total. The molecule has 10 heteroatoms. The van der Waals surface area contributed by atoms with E-state index in [2.05, 4.69) is 0 Å². The molecule has 1 aliphatic rings. The Labute approximate surface area is 103 Å². The average Bonchev–Trinajstić information content (AvgIpc) is 2.24. The van der Waals surface area contributed by atoms with Gasteiger partial charge in [0.25, 0.3) is 0 Å². The first kappa shape index (κ1) is 15.6. The lowest BCUT2D eigenvalue weighted by Gasteiger charge is -2.37. The van der Waals surface area contributed by atoms with Crippen LogP contribution in [0.4, 0.5) is 26.3 Å². The van der Waals surface area contributed by atoms with Crippen molar-refractivity contribution in [3.63, 3.8) is 0 Å². The Balaban J connectivity index is 2.94. The Morgan fingerprint density at radius 3 is 1.95 bits per heavy atom. The zero-order valence-electron chi connectivity index (χ0n) is 9.25. The van der Waals surface area contributed by atoms with Gasteiger partial charge in [0.1, 0.15) is 0 Å². The molecule has 0 radical (unpaired) electrons. The fraction of sp³-hybridized carbons (Fsp3) is 0.778. The molecule has 19 heavy (non-hydrogen) atoms. The van der Waals surface area contributed by atoms with E-state index in [0.717, 1.165) is 0 Å². The van der Waals surface area contributed by atoms with E-state index in [-0.39, 0.29) is 4.90 Å². The van der Waals surface area contributed by atoms with Gasteiger partial charge in [-0.15, -0.1) is 0 Å². The molecule has 0 aromatic carbocycles. The van der Waals surface area contributed by atoms with E-state index in [1.807, 2.05) is 0 Å². The highest BCUT2D eigenvalue weighted by molar-refractivity contribution is 5.82. The predicted octanol–water partition coefficient (Wildman–Crippen LogP) is 1.66. The van der Waals surface area contributed by atoms with Gasteiger partial charge in [-0.2, -0.15) is 26.3 Å². The van der Waals surface area contributed by atoms with Gasteiger partial charge in [-0.3, -0.25) is 9.59 Å². The van der Waals surface area contributed by atoms with E-state index in [0.29, 0.717) is 0 Å². The number of carbonyl (C=O) groups is 2. The van der Waals surface area contributed by atoms with Crippen molar-refractivity contribution in [3.05, 3.63) is 0 Å². The van der Waals surface area contributed by atoms with E-state index in [4.69, 9.17) is 5.11 Å². The number of alkyl halides is 6. The molecule has 0 aliphatic carbocycles. The van der Waals surface area contributed by atoms with Crippen molar-refractivity contribution in [2.45, 2.75) is 18.8 Å². The maximum Gasteiger partial charge on any atom is 0.471 e. The van der Waals surface area contributed by atoms with Crippen LogP contribution in [0.2, 0.25) is 0 Å². The second kappa shape index (κ2) is 4.89. The molecule has 0 unspecified atom stereocenters. The smallest absolute Gasteiger partial charge is 0.471 e. The molecular formula is C9H9F6NO3. The number of carbonyl (C=O) groups excluding carboxylic acids is 1. The fourth-order valence-electron chi connectivity index (χ4n) is 1.86. The Morgan fingerprint density at radius 1 is 1.05 bits per heavy atom. The van der Waals surface area contributed by atoms with Crippen molar-refractivity contribution in [1.82, 2.24) is 4.90 Å². The van der Waals surface area contributed by atoms with Crippen LogP contribution in [0.15, 0.2) is 0 Å². The minimum Gasteiger partial charge on any atom is -0.481 e. The van der Waals surface area contributed by atoms with Gasteiger partial charge in [0.15, 0.2) is 0 Å². The monoisotopic (exact) mass is 293 g/mol. The first-order valence-electron chi connectivity index (χ1n) is 5.08. The number of halogens is 6. The standard InChI is InChI=1S/C9H9F6NO3/c10-8(11,12)5-1-4(6(17)18)2-16(3-5)7(19)9(13,14)15/h4-5H,1-3H2,(H,17,18)/t4-,5+/m1/s1. The molecule has 1 amide bonds. The molecule has 0 bridgehead atoms. The van der Waals surface area contributed by atoms with Gasteiger partial charge in [-0.1, -0.05) is 0 Å². The minimum absolute atomic E-state index is 0.0968. The van der Waals surface area contributed by atoms with Crippen LogP contribution in [-0.4, -0.2) is 47.3 Å². The number of hydrogen-bond acceptors (Lipinski definition) is 2. The number of rotatable bonds is 1. The molecule has 110 valence electrons. The van der Waals surface area contributed by atoms with Crippen molar-refractivity contribution < 1.29 is 41.0 Å². The maximum atomic E-state index is 12.5. The number of hydrogen-bond donors (Lipinski definition) is 1. The second-order valence-corrected chi connectivity index (χ2v) is 4.22. The van der Waals surface area contributed by atoms with Gasteiger partial charge in [-0.25, -0.2) is 0 Å². The van der Waals surface area contributed by atoms with Crippen LogP contribution >= 0.6 is 0 Å². The van der Waals surface area contributed by atoms with Crippen molar-refractivity contribution >= 4 is 11.9 Å². The summed E-state index contributed by atoms with van der Waals surface area (Å²) in [4.78, 5) is 21.5. The number of carboxylic acid groups (broad SMARTS) is 1. The lowest BCUT2D eigenvalue weighted by molar-refractivity contribution is -0.208. The molecule has 1 rings (SSSR count). The highest BCUT2D eigenvalue weighted by Crippen LogP contribution is 2.36. The topological polar surface area (TPSA) is 57.6 Å². The third-order valence-corrected chi connectivity index (χ3v) is 2.79. The summed E-state index contributed by atoms with van der Waals surface area (Å²) in [6.07, 6.45) is -11.0. The molecule has 1 aliphatic heterocycles. The zero-order valence-corrected chi connectivity index (χ0v) is 9.25. The largest absolute Gasteiger partial charge is 0.481 e. The highest BCUT2D eigenvalue weighted by atomic mass is 19.4. The third-order valence-electron chi connectivity index (χ3n) is 2.79. The number of amides is 1. The predicted molar refractivity (Wildman–Crippen MR) is 47.9 cm³/mol. The van der Waals surface area contributed by atoms with Gasteiger partial charge in [0.2, 0.25) is 0 Å². The number of carboxylic acids is 1. The Morgan fingerprint density at radius 2 is 1.58 bits per heavy atom. The summed E-state index contributed by atoms with van der Waals surface area (Å²) in [6.45, 7) is -2.05. The van der Waals surface area contributed by atoms with E-state index >= 15 is 0 Å². The summed E-state index contributed by atoms with van der Waals surface area (Å²) in [5, 5.41) is 8.64. The summed E-state index contributed by atoms with van der Waals surface area (Å²) in [5.74, 6) is -8.04. The SMILES string of the molecule is O=C(O)[C@@H]1C[C@H](C(F)(F)F)CN(C(=O)C(F)(F)F)C1. The van der Waals surface area contributed by atoms with Crippen LogP contribution < -0.4 is 0 Å². The van der Waals surface area contributed by atoms with Crippen LogP contribution in [0.25, 0.3) is 0 Å². The van der Waals surface area contributed by atoms with Crippen molar-refractivity contribution in [3.8, 4) is 0 Å². The van der Waals surface area contributed by atoms with Gasteiger partial charge in [-0.05, 0) is 6.42 Å². The van der Waals surface area contributed by atoms with Crippen LogP contribution in [0.5, 0.6) is 0 Å². The molecule has 1 saturated heterocycles. The maximum absolute atomic E-state index is 12.5. The van der Waals surface area contributed by atoms with Gasteiger partial charge in [0, 0.05) is 13.1 Å². The summed E-state index contributed by atoms with van der Waals surface area (Å²) >= 11 is 0. The van der Waals surface area contributed by atoms with Crippen molar-refractivity contribution in [2.24, 2.45) is 11.8 Å². The molecule has 2 atom stereocenters. The first-order chi connectivity index (χ1) is 8.43. The fourth-order valence-corrected chi connectivity index (χ4v) is 1.86. The lowest BCUT2D eigenvalue weighted by Crippen LogP contribution is -2.53. The summed E-state index contributed by atoms with van der Waals surface area (Å²) < 4.78 is 74.0. The number of likely N-dealkylation sites (tertiary alicyclic amines) is 1. The van der Waals surface area contributed by atoms with Crippen LogP contribution in [0.1, 0.15) is 6.42 Å². The third kappa shape index (κ3) is 3.74. The molecule has 0 saturated carbocycles. The molecule has 0 spiro atoms. The first-order valence-corrected chi connectivity index (χ1v) is 5.08. The van der Waals surface area contributed by atoms with Gasteiger partial charge in [0.05, 0.1) is 11.8 Å². The van der Waals surface area contributed by atoms with Gasteiger partial charge < -0.3 is 10.0 Å². The Bertz CT molecular complexity index is 377. The lowest BCUT2D eigenvalue weighted by atomic mass is 9.88. The average molecular weight is 293 g/mol. The van der Waals surface area contributed by atoms with E-state index < -0.39 is 55.6 Å². The number of aliphatic carboxylic acids is 1. The van der Waals surface area contributed by atoms with Crippen molar-refractivity contribution in [2.75, 3.05) is 13.1 Å². The molecular weight excluding hydrogens is 284 g/mol. The zero-order chi connectivity index (χ0) is 15.0. The molecule has 0 aromatic rings. The molecule has 0 aromatic heterocycles. The Kier molecular flexibility index (Phi) is 4.01. The Hall–Kier alpha value is -1.48. The van der Waals surface area contributed by atoms with E-state index in [1.54, 1.807) is 0 Å². The molecule has 1 heterocycles. The summed E-state index contributed by atoms with van der Waals surface area (Å²) in [7, 11) is 0. The van der Waals surface area contributed by atoms with Crippen molar-refractivity contribution in [1.29, 1.82) is 0 Å². The highest BCUT2D eigenvalue weighted by Gasteiger charge is 2.51. The number of nitrogens with zero attached hydrogens (tertiary/aromatic N) is 1.